The number of hydrogen-bond acceptors (Lipinski definition) is 5. The van der Waals surface area contributed by atoms with E-state index in [0.29, 0.717) is 24.2 Å². The second-order valence-electron chi connectivity index (χ2n) is 7.26. The van der Waals surface area contributed by atoms with E-state index in [0.717, 1.165) is 28.0 Å². The molecule has 0 radical (unpaired) electrons. The number of carbonyl (C=O) groups excluding carboxylic acids is 4. The zero-order chi connectivity index (χ0) is 19.8. The van der Waals surface area contributed by atoms with Crippen LogP contribution in [-0.4, -0.2) is 46.1 Å². The number of furan rings is 1. The van der Waals surface area contributed by atoms with Crippen LogP contribution < -0.4 is 5.32 Å². The molecule has 4 rings (SSSR count). The number of urea groups is 1. The van der Waals surface area contributed by atoms with Gasteiger partial charge < -0.3 is 9.73 Å². The fraction of sp³-hybridized carbons (Fsp3) is 0.400. The smallest absolute Gasteiger partial charge is 0.334 e. The van der Waals surface area contributed by atoms with Crippen LogP contribution in [0.15, 0.2) is 34.7 Å². The Bertz CT molecular complexity index is 927. The van der Waals surface area contributed by atoms with Crippen LogP contribution in [0, 0.1) is 0 Å². The molecule has 1 aromatic carbocycles. The van der Waals surface area contributed by atoms with E-state index in [-0.39, 0.29) is 6.04 Å². The maximum Gasteiger partial charge on any atom is 0.334 e. The van der Waals surface area contributed by atoms with Crippen molar-refractivity contribution in [1.82, 2.24) is 15.1 Å². The zero-order valence-corrected chi connectivity index (χ0v) is 15.5. The number of carbonyl (C=O) groups is 4. The van der Waals surface area contributed by atoms with Gasteiger partial charge in [0.25, 0.3) is 0 Å². The molecule has 1 unspecified atom stereocenters. The van der Waals surface area contributed by atoms with Crippen LogP contribution in [0.2, 0.25) is 0 Å². The largest absolute Gasteiger partial charge is 0.459 e. The summed E-state index contributed by atoms with van der Waals surface area (Å²) in [6.07, 6.45) is 3.25. The Kier molecular flexibility index (Phi) is 4.62. The number of para-hydroxylation sites is 1. The number of fused-ring (bicyclic) bond motifs is 1. The third kappa shape index (κ3) is 3.15. The Morgan fingerprint density at radius 2 is 1.89 bits per heavy atom. The van der Waals surface area contributed by atoms with E-state index < -0.39 is 36.3 Å². The highest BCUT2D eigenvalue weighted by atomic mass is 16.3. The van der Waals surface area contributed by atoms with Crippen LogP contribution in [-0.2, 0) is 14.4 Å². The van der Waals surface area contributed by atoms with Gasteiger partial charge in [-0.2, -0.15) is 0 Å². The molecule has 1 aliphatic carbocycles. The summed E-state index contributed by atoms with van der Waals surface area (Å²) in [7, 11) is 0. The van der Waals surface area contributed by atoms with Crippen molar-refractivity contribution >= 4 is 34.7 Å². The molecule has 5 amide bonds. The number of benzene rings is 1. The Balaban J connectivity index is 1.42. The van der Waals surface area contributed by atoms with Crippen LogP contribution in [0.1, 0.15) is 44.4 Å². The highest BCUT2D eigenvalue weighted by Gasteiger charge is 2.48. The van der Waals surface area contributed by atoms with Crippen molar-refractivity contribution < 1.29 is 23.6 Å². The topological polar surface area (TPSA) is 99.9 Å². The highest BCUT2D eigenvalue weighted by Crippen LogP contribution is 2.28. The summed E-state index contributed by atoms with van der Waals surface area (Å²) in [6.45, 7) is 1.26. The molecule has 146 valence electrons. The molecule has 8 heteroatoms. The molecule has 28 heavy (non-hydrogen) atoms. The summed E-state index contributed by atoms with van der Waals surface area (Å²) in [4.78, 5) is 51.1. The number of nitrogens with zero attached hydrogens (tertiary/aromatic N) is 2. The molecule has 0 bridgehead atoms. The van der Waals surface area contributed by atoms with Gasteiger partial charge in [-0.1, -0.05) is 31.0 Å². The minimum absolute atomic E-state index is 0.244. The summed E-state index contributed by atoms with van der Waals surface area (Å²) in [6, 6.07) is 7.92. The van der Waals surface area contributed by atoms with Crippen molar-refractivity contribution in [2.75, 3.05) is 6.54 Å². The molecular weight excluding hydrogens is 362 g/mol. The first-order valence-electron chi connectivity index (χ1n) is 9.42. The molecule has 2 aromatic rings. The lowest BCUT2D eigenvalue weighted by molar-refractivity contribution is -0.144. The zero-order valence-electron chi connectivity index (χ0n) is 15.5. The third-order valence-electron chi connectivity index (χ3n) is 5.32. The first kappa shape index (κ1) is 18.2. The van der Waals surface area contributed by atoms with Crippen molar-refractivity contribution in [2.24, 2.45) is 0 Å². The van der Waals surface area contributed by atoms with E-state index in [1.54, 1.807) is 6.92 Å². The molecule has 1 atom stereocenters. The van der Waals surface area contributed by atoms with Gasteiger partial charge in [-0.05, 0) is 31.9 Å². The normalized spacial score (nSPS) is 19.1. The molecule has 2 aliphatic rings. The van der Waals surface area contributed by atoms with Gasteiger partial charge in [0.2, 0.25) is 5.91 Å². The Hall–Kier alpha value is -3.16. The van der Waals surface area contributed by atoms with E-state index in [1.165, 1.54) is 0 Å². The standard InChI is InChI=1S/C20H21N3O5/c1-12(16-10-13-6-2-5-9-15(13)28-16)21-17(24)11-22-18(25)19(26)23(20(22)27)14-7-3-4-8-14/h2,5-6,9-10,12,14H,3-4,7-8,11H2,1H3,(H,21,24). The monoisotopic (exact) mass is 383 g/mol. The molecule has 1 aliphatic heterocycles. The quantitative estimate of drug-likeness (QED) is 0.631. The first-order chi connectivity index (χ1) is 13.5. The maximum atomic E-state index is 12.5. The predicted octanol–water partition coefficient (Wildman–Crippen LogP) is 2.34. The van der Waals surface area contributed by atoms with Crippen molar-refractivity contribution in [1.29, 1.82) is 0 Å². The first-order valence-corrected chi connectivity index (χ1v) is 9.42. The number of imide groups is 2. The number of nitrogens with one attached hydrogen (secondary N) is 1. The molecule has 1 saturated carbocycles. The lowest BCUT2D eigenvalue weighted by atomic mass is 10.2. The van der Waals surface area contributed by atoms with Gasteiger partial charge in [0.15, 0.2) is 0 Å². The van der Waals surface area contributed by atoms with Crippen molar-refractivity contribution in [2.45, 2.75) is 44.7 Å². The van der Waals surface area contributed by atoms with Gasteiger partial charge in [0, 0.05) is 11.4 Å². The molecular formula is C20H21N3O5. The fourth-order valence-electron chi connectivity index (χ4n) is 3.86. The number of rotatable bonds is 5. The minimum Gasteiger partial charge on any atom is -0.459 e. The fourth-order valence-corrected chi connectivity index (χ4v) is 3.86. The predicted molar refractivity (Wildman–Crippen MR) is 99.0 cm³/mol. The van der Waals surface area contributed by atoms with Crippen molar-refractivity contribution in [3.8, 4) is 0 Å². The van der Waals surface area contributed by atoms with Gasteiger partial charge in [-0.25, -0.2) is 9.69 Å². The van der Waals surface area contributed by atoms with Crippen molar-refractivity contribution in [3.05, 3.63) is 36.1 Å². The molecule has 2 heterocycles. The van der Waals surface area contributed by atoms with E-state index in [1.807, 2.05) is 30.3 Å². The lowest BCUT2D eigenvalue weighted by Crippen LogP contribution is -2.43. The maximum absolute atomic E-state index is 12.5. The Morgan fingerprint density at radius 3 is 2.61 bits per heavy atom. The SMILES string of the molecule is CC(NC(=O)CN1C(=O)C(=O)N(C2CCCC2)C1=O)c1cc2ccccc2o1. The minimum atomic E-state index is -0.941. The summed E-state index contributed by atoms with van der Waals surface area (Å²) < 4.78 is 5.72. The van der Waals surface area contributed by atoms with Gasteiger partial charge in [0.05, 0.1) is 6.04 Å². The highest BCUT2D eigenvalue weighted by molar-refractivity contribution is 6.45. The van der Waals surface area contributed by atoms with E-state index in [9.17, 15) is 19.2 Å². The lowest BCUT2D eigenvalue weighted by Gasteiger charge is -2.21. The molecule has 0 spiro atoms. The average molecular weight is 383 g/mol. The van der Waals surface area contributed by atoms with Crippen LogP contribution in [0.4, 0.5) is 4.79 Å². The van der Waals surface area contributed by atoms with Gasteiger partial charge in [-0.15, -0.1) is 0 Å². The summed E-state index contributed by atoms with van der Waals surface area (Å²) in [5.74, 6) is -1.74. The number of amides is 5. The van der Waals surface area contributed by atoms with Crippen LogP contribution in [0.25, 0.3) is 11.0 Å². The van der Waals surface area contributed by atoms with Crippen molar-refractivity contribution in [3.63, 3.8) is 0 Å². The van der Waals surface area contributed by atoms with Gasteiger partial charge in [-0.3, -0.25) is 19.3 Å². The van der Waals surface area contributed by atoms with E-state index in [2.05, 4.69) is 5.32 Å². The van der Waals surface area contributed by atoms with Crippen LogP contribution in [0.3, 0.4) is 0 Å². The molecule has 1 aromatic heterocycles. The molecule has 2 fully saturated rings. The van der Waals surface area contributed by atoms with E-state index in [4.69, 9.17) is 4.42 Å². The summed E-state index contributed by atoms with van der Waals surface area (Å²) in [5, 5.41) is 3.63. The van der Waals surface area contributed by atoms with Crippen LogP contribution in [0.5, 0.6) is 0 Å². The second-order valence-corrected chi connectivity index (χ2v) is 7.26. The summed E-state index contributed by atoms with van der Waals surface area (Å²) in [5.41, 5.74) is 0.710. The number of hydrogen-bond donors (Lipinski definition) is 1. The van der Waals surface area contributed by atoms with Crippen LogP contribution >= 0.6 is 0 Å². The van der Waals surface area contributed by atoms with Gasteiger partial charge in [0.1, 0.15) is 17.9 Å². The molecule has 1 saturated heterocycles. The Labute approximate surface area is 161 Å². The van der Waals surface area contributed by atoms with E-state index >= 15 is 0 Å². The molecule has 1 N–H and O–H groups in total. The Morgan fingerprint density at radius 1 is 1.18 bits per heavy atom. The average Bonchev–Trinajstić information content (AvgIpc) is 3.38. The second kappa shape index (κ2) is 7.10. The van der Waals surface area contributed by atoms with Gasteiger partial charge >= 0.3 is 17.8 Å². The molecule has 8 nitrogen and oxygen atoms in total. The summed E-state index contributed by atoms with van der Waals surface area (Å²) >= 11 is 0. The third-order valence-corrected chi connectivity index (χ3v) is 5.32.